The summed E-state index contributed by atoms with van der Waals surface area (Å²) in [6.45, 7) is 1.19. The molecule has 0 saturated carbocycles. The SMILES string of the molecule is CN=C(NCc1ccnc(OCC(F)(F)F)c1)N1CCN(C(C)C(F)(F)F)CC1.I. The van der Waals surface area contributed by atoms with Crippen molar-refractivity contribution in [2.75, 3.05) is 39.8 Å². The minimum absolute atomic E-state index is 0. The first-order valence-corrected chi connectivity index (χ1v) is 8.90. The maximum Gasteiger partial charge on any atom is 0.422 e. The fraction of sp³-hybridized carbons (Fsp3) is 0.647. The van der Waals surface area contributed by atoms with Gasteiger partial charge in [0, 0.05) is 52.0 Å². The van der Waals surface area contributed by atoms with Crippen molar-refractivity contribution in [1.82, 2.24) is 20.1 Å². The van der Waals surface area contributed by atoms with Gasteiger partial charge < -0.3 is 15.0 Å². The van der Waals surface area contributed by atoms with Crippen LogP contribution in [0.4, 0.5) is 26.3 Å². The normalized spacial score (nSPS) is 17.3. The molecular weight excluding hydrogens is 531 g/mol. The predicted molar refractivity (Wildman–Crippen MR) is 110 cm³/mol. The fourth-order valence-corrected chi connectivity index (χ4v) is 2.84. The number of halogens is 7. The highest BCUT2D eigenvalue weighted by molar-refractivity contribution is 14.0. The molecule has 1 saturated heterocycles. The van der Waals surface area contributed by atoms with E-state index in [0.29, 0.717) is 24.6 Å². The Labute approximate surface area is 187 Å². The van der Waals surface area contributed by atoms with Gasteiger partial charge in [0.15, 0.2) is 12.6 Å². The average molecular weight is 555 g/mol. The maximum absolute atomic E-state index is 12.8. The molecule has 0 aliphatic carbocycles. The predicted octanol–water partition coefficient (Wildman–Crippen LogP) is 3.28. The van der Waals surface area contributed by atoms with E-state index in [0.717, 1.165) is 6.92 Å². The van der Waals surface area contributed by atoms with E-state index >= 15 is 0 Å². The zero-order valence-corrected chi connectivity index (χ0v) is 18.8. The number of guanidine groups is 1. The van der Waals surface area contributed by atoms with E-state index < -0.39 is 25.0 Å². The molecule has 2 heterocycles. The van der Waals surface area contributed by atoms with Crippen LogP contribution in [-0.2, 0) is 6.54 Å². The number of piperazine rings is 1. The molecule has 1 aromatic rings. The van der Waals surface area contributed by atoms with Gasteiger partial charge in [0.05, 0.1) is 0 Å². The minimum atomic E-state index is -4.45. The van der Waals surface area contributed by atoms with Crippen LogP contribution < -0.4 is 10.1 Å². The summed E-state index contributed by atoms with van der Waals surface area (Å²) in [5, 5.41) is 3.06. The van der Waals surface area contributed by atoms with Gasteiger partial charge in [0.1, 0.15) is 6.04 Å². The Morgan fingerprint density at radius 3 is 2.37 bits per heavy atom. The Hall–Kier alpha value is -1.51. The summed E-state index contributed by atoms with van der Waals surface area (Å²) in [4.78, 5) is 11.1. The van der Waals surface area contributed by atoms with E-state index in [1.807, 2.05) is 4.90 Å². The molecule has 30 heavy (non-hydrogen) atoms. The maximum atomic E-state index is 12.8. The standard InChI is InChI=1S/C17H23F6N5O.HI/c1-12(17(21,22)23)27-5-7-28(8-6-27)15(24-2)26-10-13-3-4-25-14(9-13)29-11-16(18,19)20;/h3-4,9,12H,5-8,10-11H2,1-2H3,(H,24,26);1H. The van der Waals surface area contributed by atoms with Gasteiger partial charge in [0.25, 0.3) is 0 Å². The Balaban J connectivity index is 0.00000450. The summed E-state index contributed by atoms with van der Waals surface area (Å²) in [5.74, 6) is 0.352. The summed E-state index contributed by atoms with van der Waals surface area (Å²) in [7, 11) is 1.55. The van der Waals surface area contributed by atoms with Crippen molar-refractivity contribution in [2.24, 2.45) is 4.99 Å². The molecule has 1 N–H and O–H groups in total. The number of hydrogen-bond donors (Lipinski definition) is 1. The average Bonchev–Trinajstić information content (AvgIpc) is 2.66. The topological polar surface area (TPSA) is 53.0 Å². The van der Waals surface area contributed by atoms with Crippen LogP contribution in [0.3, 0.4) is 0 Å². The minimum Gasteiger partial charge on any atom is -0.468 e. The number of rotatable bonds is 5. The molecule has 6 nitrogen and oxygen atoms in total. The number of pyridine rings is 1. The van der Waals surface area contributed by atoms with Crippen LogP contribution in [0, 0.1) is 0 Å². The lowest BCUT2D eigenvalue weighted by molar-refractivity contribution is -0.181. The number of hydrogen-bond acceptors (Lipinski definition) is 4. The molecule has 0 bridgehead atoms. The molecule has 13 heteroatoms. The first-order valence-electron chi connectivity index (χ1n) is 8.90. The lowest BCUT2D eigenvalue weighted by Gasteiger charge is -2.39. The van der Waals surface area contributed by atoms with Crippen molar-refractivity contribution < 1.29 is 31.1 Å². The zero-order chi connectivity index (χ0) is 21.7. The Bertz CT molecular complexity index is 692. The molecule has 172 valence electrons. The highest BCUT2D eigenvalue weighted by Crippen LogP contribution is 2.25. The van der Waals surface area contributed by atoms with E-state index in [1.54, 1.807) is 13.1 Å². The van der Waals surface area contributed by atoms with Gasteiger partial charge in [0.2, 0.25) is 5.88 Å². The van der Waals surface area contributed by atoms with E-state index in [9.17, 15) is 26.3 Å². The number of nitrogens with zero attached hydrogens (tertiary/aromatic N) is 4. The Morgan fingerprint density at radius 2 is 1.83 bits per heavy atom. The Morgan fingerprint density at radius 1 is 1.20 bits per heavy atom. The van der Waals surface area contributed by atoms with Crippen LogP contribution in [0.25, 0.3) is 0 Å². The molecule has 1 aliphatic heterocycles. The van der Waals surface area contributed by atoms with Crippen molar-refractivity contribution >= 4 is 29.9 Å². The third kappa shape index (κ3) is 8.32. The first-order chi connectivity index (χ1) is 13.5. The van der Waals surface area contributed by atoms with Gasteiger partial charge in [-0.15, -0.1) is 24.0 Å². The van der Waals surface area contributed by atoms with E-state index in [1.165, 1.54) is 17.2 Å². The molecular formula is C17H24F6IN5O. The van der Waals surface area contributed by atoms with Gasteiger partial charge in [-0.2, -0.15) is 26.3 Å². The molecule has 1 aliphatic rings. The smallest absolute Gasteiger partial charge is 0.422 e. The van der Waals surface area contributed by atoms with Gasteiger partial charge in [-0.25, -0.2) is 4.98 Å². The molecule has 1 atom stereocenters. The summed E-state index contributed by atoms with van der Waals surface area (Å²) in [5.41, 5.74) is 0.627. The molecule has 0 aromatic carbocycles. The van der Waals surface area contributed by atoms with Crippen LogP contribution in [0.5, 0.6) is 5.88 Å². The molecule has 0 spiro atoms. The highest BCUT2D eigenvalue weighted by atomic mass is 127. The van der Waals surface area contributed by atoms with Crippen LogP contribution in [0.15, 0.2) is 23.3 Å². The molecule has 2 rings (SSSR count). The van der Waals surface area contributed by atoms with Gasteiger partial charge in [-0.3, -0.25) is 9.89 Å². The van der Waals surface area contributed by atoms with Gasteiger partial charge in [-0.1, -0.05) is 0 Å². The second-order valence-corrected chi connectivity index (χ2v) is 6.55. The fourth-order valence-electron chi connectivity index (χ4n) is 2.84. The van der Waals surface area contributed by atoms with Crippen LogP contribution in [0.1, 0.15) is 12.5 Å². The highest BCUT2D eigenvalue weighted by Gasteiger charge is 2.41. The number of nitrogens with one attached hydrogen (secondary N) is 1. The second kappa shape index (κ2) is 11.2. The monoisotopic (exact) mass is 555 g/mol. The van der Waals surface area contributed by atoms with Crippen molar-refractivity contribution in [3.8, 4) is 5.88 Å². The third-order valence-corrected chi connectivity index (χ3v) is 4.48. The lowest BCUT2D eigenvalue weighted by atomic mass is 10.2. The number of alkyl halides is 6. The molecule has 0 radical (unpaired) electrons. The van der Waals surface area contributed by atoms with Crippen molar-refractivity contribution in [3.63, 3.8) is 0 Å². The van der Waals surface area contributed by atoms with Crippen molar-refractivity contribution in [1.29, 1.82) is 0 Å². The van der Waals surface area contributed by atoms with E-state index in [2.05, 4.69) is 20.0 Å². The molecule has 1 fully saturated rings. The molecule has 1 unspecified atom stereocenters. The van der Waals surface area contributed by atoms with Gasteiger partial charge in [-0.05, 0) is 18.6 Å². The Kier molecular flexibility index (Phi) is 9.91. The quantitative estimate of drug-likeness (QED) is 0.262. The largest absolute Gasteiger partial charge is 0.468 e. The lowest BCUT2D eigenvalue weighted by Crippen LogP contribution is -2.56. The van der Waals surface area contributed by atoms with E-state index in [-0.39, 0.29) is 49.5 Å². The zero-order valence-electron chi connectivity index (χ0n) is 16.4. The molecule has 0 amide bonds. The molecule has 1 aromatic heterocycles. The summed E-state index contributed by atoms with van der Waals surface area (Å²) in [6.07, 6.45) is -7.39. The van der Waals surface area contributed by atoms with Crippen LogP contribution in [-0.4, -0.2) is 79.0 Å². The van der Waals surface area contributed by atoms with Gasteiger partial charge >= 0.3 is 12.4 Å². The van der Waals surface area contributed by atoms with Crippen LogP contribution >= 0.6 is 24.0 Å². The third-order valence-electron chi connectivity index (χ3n) is 4.48. The van der Waals surface area contributed by atoms with Crippen molar-refractivity contribution in [2.45, 2.75) is 31.9 Å². The summed E-state index contributed by atoms with van der Waals surface area (Å²) < 4.78 is 79.9. The van der Waals surface area contributed by atoms with Crippen molar-refractivity contribution in [3.05, 3.63) is 23.9 Å². The summed E-state index contributed by atoms with van der Waals surface area (Å²) in [6, 6.07) is 1.49. The second-order valence-electron chi connectivity index (χ2n) is 6.55. The van der Waals surface area contributed by atoms with E-state index in [4.69, 9.17) is 0 Å². The first kappa shape index (κ1) is 26.5. The number of ether oxygens (including phenoxy) is 1. The number of aliphatic imine (C=N–C) groups is 1. The van der Waals surface area contributed by atoms with Crippen LogP contribution in [0.2, 0.25) is 0 Å². The number of aromatic nitrogens is 1. The summed E-state index contributed by atoms with van der Waals surface area (Å²) >= 11 is 0.